The van der Waals surface area contributed by atoms with E-state index in [0.717, 1.165) is 36.6 Å². The Morgan fingerprint density at radius 1 is 1.08 bits per heavy atom. The molecule has 1 aromatic carbocycles. The van der Waals surface area contributed by atoms with E-state index in [0.29, 0.717) is 17.8 Å². The SMILES string of the molecule is Cc1ccsc1C(=O)Nc1ccc(C(=O)CN2CCN(C)CC2)cc1. The number of likely N-dealkylation sites (N-methyl/N-ethyl adjacent to an activating group) is 1. The van der Waals surface area contributed by atoms with Gasteiger partial charge in [0.05, 0.1) is 11.4 Å². The quantitative estimate of drug-likeness (QED) is 0.836. The highest BCUT2D eigenvalue weighted by molar-refractivity contribution is 7.12. The highest BCUT2D eigenvalue weighted by Gasteiger charge is 2.17. The number of thiophene rings is 1. The first-order valence-corrected chi connectivity index (χ1v) is 9.30. The third kappa shape index (κ3) is 4.54. The van der Waals surface area contributed by atoms with E-state index in [-0.39, 0.29) is 11.7 Å². The summed E-state index contributed by atoms with van der Waals surface area (Å²) in [6, 6.07) is 9.08. The molecule has 0 aliphatic carbocycles. The van der Waals surface area contributed by atoms with Gasteiger partial charge in [-0.25, -0.2) is 0 Å². The molecule has 1 aliphatic rings. The Morgan fingerprint density at radius 2 is 1.76 bits per heavy atom. The van der Waals surface area contributed by atoms with Crippen LogP contribution < -0.4 is 5.32 Å². The first-order chi connectivity index (χ1) is 12.0. The van der Waals surface area contributed by atoms with E-state index < -0.39 is 0 Å². The van der Waals surface area contributed by atoms with Crippen molar-refractivity contribution in [2.45, 2.75) is 6.92 Å². The Labute approximate surface area is 152 Å². The van der Waals surface area contributed by atoms with E-state index in [1.54, 1.807) is 24.3 Å². The van der Waals surface area contributed by atoms with Crippen LogP contribution in [0.25, 0.3) is 0 Å². The zero-order valence-corrected chi connectivity index (χ0v) is 15.4. The van der Waals surface area contributed by atoms with Gasteiger partial charge in [0.25, 0.3) is 5.91 Å². The topological polar surface area (TPSA) is 52.7 Å². The number of aryl methyl sites for hydroxylation is 1. The molecule has 1 amide bonds. The van der Waals surface area contributed by atoms with Gasteiger partial charge >= 0.3 is 0 Å². The number of nitrogens with one attached hydrogen (secondary N) is 1. The predicted octanol–water partition coefficient (Wildman–Crippen LogP) is 2.74. The van der Waals surface area contributed by atoms with Gasteiger partial charge in [0, 0.05) is 37.4 Å². The molecule has 0 spiro atoms. The normalized spacial score (nSPS) is 15.9. The Balaban J connectivity index is 1.57. The van der Waals surface area contributed by atoms with Gasteiger partial charge in [-0.3, -0.25) is 14.5 Å². The molecular weight excluding hydrogens is 334 g/mol. The fourth-order valence-corrected chi connectivity index (χ4v) is 3.65. The van der Waals surface area contributed by atoms with Crippen LogP contribution >= 0.6 is 11.3 Å². The lowest BCUT2D eigenvalue weighted by atomic mass is 10.1. The molecule has 0 saturated carbocycles. The maximum Gasteiger partial charge on any atom is 0.265 e. The molecule has 0 unspecified atom stereocenters. The minimum Gasteiger partial charge on any atom is -0.321 e. The van der Waals surface area contributed by atoms with E-state index in [1.165, 1.54) is 11.3 Å². The summed E-state index contributed by atoms with van der Waals surface area (Å²) in [6.07, 6.45) is 0. The number of benzene rings is 1. The third-order valence-electron chi connectivity index (χ3n) is 4.50. The molecule has 1 saturated heterocycles. The van der Waals surface area contributed by atoms with Crippen molar-refractivity contribution in [3.63, 3.8) is 0 Å². The zero-order chi connectivity index (χ0) is 17.8. The maximum absolute atomic E-state index is 12.4. The number of anilines is 1. The zero-order valence-electron chi connectivity index (χ0n) is 14.6. The Kier molecular flexibility index (Phi) is 5.63. The number of amides is 1. The van der Waals surface area contributed by atoms with Crippen molar-refractivity contribution in [1.29, 1.82) is 0 Å². The van der Waals surface area contributed by atoms with Crippen LogP contribution in [0.3, 0.4) is 0 Å². The molecule has 5 nitrogen and oxygen atoms in total. The fourth-order valence-electron chi connectivity index (χ4n) is 2.83. The molecule has 1 fully saturated rings. The largest absolute Gasteiger partial charge is 0.321 e. The lowest BCUT2D eigenvalue weighted by molar-refractivity contribution is 0.0876. The van der Waals surface area contributed by atoms with Crippen molar-refractivity contribution < 1.29 is 9.59 Å². The summed E-state index contributed by atoms with van der Waals surface area (Å²) in [4.78, 5) is 29.8. The molecule has 1 N–H and O–H groups in total. The number of piperazine rings is 1. The Hall–Kier alpha value is -2.02. The summed E-state index contributed by atoms with van der Waals surface area (Å²) in [5.74, 6) is 0.0144. The average molecular weight is 357 g/mol. The second-order valence-corrected chi connectivity index (χ2v) is 7.38. The second-order valence-electron chi connectivity index (χ2n) is 6.47. The molecule has 25 heavy (non-hydrogen) atoms. The number of ketones is 1. The molecule has 6 heteroatoms. The van der Waals surface area contributed by atoms with Crippen molar-refractivity contribution in [2.24, 2.45) is 0 Å². The van der Waals surface area contributed by atoms with Crippen LogP contribution in [0, 0.1) is 6.92 Å². The number of nitrogens with zero attached hydrogens (tertiary/aromatic N) is 2. The van der Waals surface area contributed by atoms with Crippen LogP contribution in [0.4, 0.5) is 5.69 Å². The third-order valence-corrected chi connectivity index (χ3v) is 5.51. The van der Waals surface area contributed by atoms with E-state index in [2.05, 4.69) is 22.2 Å². The van der Waals surface area contributed by atoms with Gasteiger partial charge in [-0.05, 0) is 55.2 Å². The summed E-state index contributed by atoms with van der Waals surface area (Å²) in [5.41, 5.74) is 2.36. The molecule has 2 heterocycles. The van der Waals surface area contributed by atoms with Gasteiger partial charge < -0.3 is 10.2 Å². The van der Waals surface area contributed by atoms with E-state index in [9.17, 15) is 9.59 Å². The maximum atomic E-state index is 12.4. The van der Waals surface area contributed by atoms with Gasteiger partial charge in [0.2, 0.25) is 0 Å². The molecule has 0 atom stereocenters. The number of hydrogen-bond donors (Lipinski definition) is 1. The standard InChI is InChI=1S/C19H23N3O2S/c1-14-7-12-25-18(14)19(24)20-16-5-3-15(4-6-16)17(23)13-22-10-8-21(2)9-11-22/h3-7,12H,8-11,13H2,1-2H3,(H,20,24). The lowest BCUT2D eigenvalue weighted by Gasteiger charge is -2.31. The second kappa shape index (κ2) is 7.91. The molecule has 0 radical (unpaired) electrons. The Morgan fingerprint density at radius 3 is 2.36 bits per heavy atom. The summed E-state index contributed by atoms with van der Waals surface area (Å²) in [7, 11) is 2.10. The summed E-state index contributed by atoms with van der Waals surface area (Å²) >= 11 is 1.43. The summed E-state index contributed by atoms with van der Waals surface area (Å²) in [5, 5.41) is 4.79. The first kappa shape index (κ1) is 17.8. The minimum absolute atomic E-state index is 0.107. The smallest absolute Gasteiger partial charge is 0.265 e. The van der Waals surface area contributed by atoms with Crippen molar-refractivity contribution in [3.8, 4) is 0 Å². The lowest BCUT2D eigenvalue weighted by Crippen LogP contribution is -2.46. The number of rotatable bonds is 5. The minimum atomic E-state index is -0.107. The molecule has 132 valence electrons. The fraction of sp³-hybridized carbons (Fsp3) is 0.368. The van der Waals surface area contributed by atoms with Crippen LogP contribution in [0.1, 0.15) is 25.6 Å². The number of hydrogen-bond acceptors (Lipinski definition) is 5. The van der Waals surface area contributed by atoms with Crippen LogP contribution in [0.2, 0.25) is 0 Å². The first-order valence-electron chi connectivity index (χ1n) is 8.42. The van der Waals surface area contributed by atoms with Crippen LogP contribution in [0.5, 0.6) is 0 Å². The molecule has 1 aromatic heterocycles. The summed E-state index contributed by atoms with van der Waals surface area (Å²) < 4.78 is 0. The number of carbonyl (C=O) groups is 2. The molecule has 1 aliphatic heterocycles. The van der Waals surface area contributed by atoms with Crippen LogP contribution in [0.15, 0.2) is 35.7 Å². The molecule has 2 aromatic rings. The van der Waals surface area contributed by atoms with E-state index >= 15 is 0 Å². The molecular formula is C19H23N3O2S. The summed E-state index contributed by atoms with van der Waals surface area (Å²) in [6.45, 7) is 6.23. The Bertz CT molecular complexity index is 746. The van der Waals surface area contributed by atoms with Crippen molar-refractivity contribution in [2.75, 3.05) is 45.1 Å². The van der Waals surface area contributed by atoms with Gasteiger partial charge in [-0.2, -0.15) is 0 Å². The predicted molar refractivity (Wildman–Crippen MR) is 102 cm³/mol. The van der Waals surface area contributed by atoms with E-state index in [4.69, 9.17) is 0 Å². The van der Waals surface area contributed by atoms with Crippen LogP contribution in [-0.2, 0) is 0 Å². The number of carbonyl (C=O) groups excluding carboxylic acids is 2. The highest BCUT2D eigenvalue weighted by Crippen LogP contribution is 2.18. The highest BCUT2D eigenvalue weighted by atomic mass is 32.1. The van der Waals surface area contributed by atoms with Crippen molar-refractivity contribution >= 4 is 28.7 Å². The van der Waals surface area contributed by atoms with Gasteiger partial charge in [-0.15, -0.1) is 11.3 Å². The van der Waals surface area contributed by atoms with Gasteiger partial charge in [0.15, 0.2) is 5.78 Å². The number of Topliss-reactive ketones (excluding diaryl/α,β-unsaturated/α-hetero) is 1. The monoisotopic (exact) mass is 357 g/mol. The van der Waals surface area contributed by atoms with Gasteiger partial charge in [0.1, 0.15) is 0 Å². The van der Waals surface area contributed by atoms with Crippen molar-refractivity contribution in [1.82, 2.24) is 9.80 Å². The molecule has 3 rings (SSSR count). The van der Waals surface area contributed by atoms with Gasteiger partial charge in [-0.1, -0.05) is 0 Å². The van der Waals surface area contributed by atoms with Crippen molar-refractivity contribution in [3.05, 3.63) is 51.7 Å². The molecule has 0 bridgehead atoms. The van der Waals surface area contributed by atoms with E-state index in [1.807, 2.05) is 18.4 Å². The van der Waals surface area contributed by atoms with Crippen LogP contribution in [-0.4, -0.2) is 61.3 Å². The average Bonchev–Trinajstić information content (AvgIpc) is 3.04.